The lowest BCUT2D eigenvalue weighted by molar-refractivity contribution is 0.878. The van der Waals surface area contributed by atoms with Gasteiger partial charge in [-0.2, -0.15) is 6.32 Å². The van der Waals surface area contributed by atoms with Crippen LogP contribution < -0.4 is 10.9 Å². The van der Waals surface area contributed by atoms with Crippen LogP contribution in [0.1, 0.15) is 19.8 Å². The minimum Gasteiger partial charge on any atom is -0.208 e. The summed E-state index contributed by atoms with van der Waals surface area (Å²) >= 11 is 0. The molecule has 0 fully saturated rings. The zero-order chi connectivity index (χ0) is 14.5. The van der Waals surface area contributed by atoms with Crippen LogP contribution in [0.2, 0.25) is 6.32 Å². The summed E-state index contributed by atoms with van der Waals surface area (Å²) in [6, 6.07) is 26.6. The second-order valence-electron chi connectivity index (χ2n) is 6.01. The van der Waals surface area contributed by atoms with E-state index < -0.39 is 6.71 Å². The van der Waals surface area contributed by atoms with Crippen LogP contribution in [0.3, 0.4) is 0 Å². The van der Waals surface area contributed by atoms with E-state index in [4.69, 9.17) is 0 Å². The molecule has 3 aromatic rings. The first-order valence-electron chi connectivity index (χ1n) is 8.15. The maximum Gasteiger partial charge on any atom is 0.0404 e. The highest BCUT2D eigenvalue weighted by Crippen LogP contribution is 2.14. The first-order chi connectivity index (χ1) is 10.4. The van der Waals surface area contributed by atoms with E-state index >= 15 is 0 Å². The first-order valence-corrected chi connectivity index (χ1v) is 8.15. The van der Waals surface area contributed by atoms with Gasteiger partial charge in [0.05, 0.1) is 0 Å². The number of hydrogen-bond acceptors (Lipinski definition) is 0. The average Bonchev–Trinajstić information content (AvgIpc) is 2.56. The van der Waals surface area contributed by atoms with Gasteiger partial charge in [0.15, 0.2) is 0 Å². The average molecular weight is 273 g/mol. The first kappa shape index (κ1) is 13.9. The Morgan fingerprint density at radius 2 is 1.48 bits per heavy atom. The lowest BCUT2D eigenvalue weighted by atomic mass is 9.37. The van der Waals surface area contributed by atoms with E-state index in [-0.39, 0.29) is 0 Å². The van der Waals surface area contributed by atoms with Crippen molar-refractivity contribution in [1.29, 1.82) is 0 Å². The van der Waals surface area contributed by atoms with Gasteiger partial charge in [-0.05, 0) is 5.39 Å². The molecule has 0 bridgehead atoms. The number of fused-ring (bicyclic) bond motifs is 1. The maximum absolute atomic E-state index is 2.34. The van der Waals surface area contributed by atoms with Gasteiger partial charge in [-0.25, -0.2) is 10.9 Å². The zero-order valence-corrected chi connectivity index (χ0v) is 12.8. The molecule has 0 nitrogen and oxygen atoms in total. The molecule has 0 radical (unpaired) electrons. The van der Waals surface area contributed by atoms with Gasteiger partial charge < -0.3 is 0 Å². The molecule has 0 saturated carbocycles. The molecule has 0 aliphatic rings. The van der Waals surface area contributed by atoms with E-state index in [1.54, 1.807) is 5.46 Å². The largest absolute Gasteiger partial charge is 0.208 e. The van der Waals surface area contributed by atoms with Crippen LogP contribution in [-0.4, -0.2) is 6.71 Å². The highest BCUT2D eigenvalue weighted by atomic mass is 14.0. The van der Waals surface area contributed by atoms with E-state index in [2.05, 4.69) is 79.7 Å². The molecular formula is C20H22B-. The molecule has 1 unspecified atom stereocenters. The Balaban J connectivity index is 2.10. The van der Waals surface area contributed by atoms with Crippen molar-refractivity contribution in [2.24, 2.45) is 0 Å². The lowest BCUT2D eigenvalue weighted by Crippen LogP contribution is -2.42. The quantitative estimate of drug-likeness (QED) is 0.617. The molecule has 106 valence electrons. The summed E-state index contributed by atoms with van der Waals surface area (Å²) in [6.07, 6.45) is 3.87. The third kappa shape index (κ3) is 3.02. The van der Waals surface area contributed by atoms with Gasteiger partial charge >= 0.3 is 0 Å². The van der Waals surface area contributed by atoms with Crippen molar-refractivity contribution in [3.05, 3.63) is 72.8 Å². The fourth-order valence-electron chi connectivity index (χ4n) is 3.54. The Bertz CT molecular complexity index is 698. The van der Waals surface area contributed by atoms with E-state index in [0.717, 1.165) is 0 Å². The summed E-state index contributed by atoms with van der Waals surface area (Å²) < 4.78 is 0. The predicted octanol–water partition coefficient (Wildman–Crippen LogP) is 3.98. The Labute approximate surface area is 127 Å². The molecule has 0 amide bonds. The van der Waals surface area contributed by atoms with Crippen LogP contribution >= 0.6 is 0 Å². The van der Waals surface area contributed by atoms with Crippen molar-refractivity contribution in [2.75, 3.05) is 0 Å². The minimum absolute atomic E-state index is 0.472. The van der Waals surface area contributed by atoms with Crippen molar-refractivity contribution in [3.63, 3.8) is 0 Å². The van der Waals surface area contributed by atoms with Gasteiger partial charge in [-0.15, -0.1) is 0 Å². The third-order valence-corrected chi connectivity index (χ3v) is 4.63. The zero-order valence-electron chi connectivity index (χ0n) is 12.8. The fourth-order valence-corrected chi connectivity index (χ4v) is 3.54. The minimum atomic E-state index is -0.472. The summed E-state index contributed by atoms with van der Waals surface area (Å²) in [5.74, 6) is 0. The van der Waals surface area contributed by atoms with Crippen LogP contribution in [0.5, 0.6) is 0 Å². The third-order valence-electron chi connectivity index (χ3n) is 4.63. The molecule has 0 aliphatic carbocycles. The monoisotopic (exact) mass is 273 g/mol. The predicted molar refractivity (Wildman–Crippen MR) is 96.5 cm³/mol. The molecule has 0 spiro atoms. The number of unbranched alkanes of at least 4 members (excludes halogenated alkanes) is 1. The normalized spacial score (nSPS) is 12.4. The van der Waals surface area contributed by atoms with E-state index in [1.807, 2.05) is 0 Å². The summed E-state index contributed by atoms with van der Waals surface area (Å²) in [6.45, 7) is 1.81. The van der Waals surface area contributed by atoms with Gasteiger partial charge in [0, 0.05) is 6.71 Å². The summed E-state index contributed by atoms with van der Waals surface area (Å²) in [5, 5.41) is 2.79. The van der Waals surface area contributed by atoms with Gasteiger partial charge in [-0.1, -0.05) is 97.9 Å². The fraction of sp³-hybridized carbons (Fsp3) is 0.200. The second-order valence-corrected chi connectivity index (χ2v) is 6.01. The van der Waals surface area contributed by atoms with E-state index in [1.165, 1.54) is 35.4 Å². The molecule has 3 aromatic carbocycles. The Hall–Kier alpha value is -2.02. The van der Waals surface area contributed by atoms with Crippen LogP contribution in [0.25, 0.3) is 10.8 Å². The molecule has 0 N–H and O–H groups in total. The lowest BCUT2D eigenvalue weighted by Gasteiger charge is -2.26. The molecule has 1 atom stereocenters. The van der Waals surface area contributed by atoms with Crippen LogP contribution in [0.4, 0.5) is 0 Å². The SMILES string of the molecule is CCCC[BH-](c1ccccc1)c1cccc2ccccc12. The summed E-state index contributed by atoms with van der Waals surface area (Å²) in [5.41, 5.74) is 3.06. The summed E-state index contributed by atoms with van der Waals surface area (Å²) in [7, 11) is 0. The molecule has 0 aromatic heterocycles. The van der Waals surface area contributed by atoms with Crippen molar-refractivity contribution in [1.82, 2.24) is 0 Å². The Morgan fingerprint density at radius 1 is 0.762 bits per heavy atom. The van der Waals surface area contributed by atoms with Gasteiger partial charge in [0.1, 0.15) is 0 Å². The highest BCUT2D eigenvalue weighted by molar-refractivity contribution is 6.86. The molecule has 0 aliphatic heterocycles. The standard InChI is InChI=1S/C20H22B/c1-2-3-16-21(18-12-5-4-6-13-18)20-15-9-11-17-10-7-8-14-19(17)20/h4-15,21H,2-3,16H2,1H3/q-1. The molecule has 3 rings (SSSR count). The van der Waals surface area contributed by atoms with Crippen LogP contribution in [-0.2, 0) is 0 Å². The molecule has 0 heterocycles. The van der Waals surface area contributed by atoms with Crippen LogP contribution in [0, 0.1) is 0 Å². The second kappa shape index (κ2) is 6.63. The van der Waals surface area contributed by atoms with Gasteiger partial charge in [0.25, 0.3) is 0 Å². The topological polar surface area (TPSA) is 0 Å². The number of benzene rings is 3. The van der Waals surface area contributed by atoms with Crippen LogP contribution in [0.15, 0.2) is 72.8 Å². The van der Waals surface area contributed by atoms with Gasteiger partial charge in [0.2, 0.25) is 0 Å². The van der Waals surface area contributed by atoms with Crippen molar-refractivity contribution >= 4 is 28.4 Å². The molecule has 1 heteroatoms. The highest BCUT2D eigenvalue weighted by Gasteiger charge is 2.09. The maximum atomic E-state index is 2.34. The van der Waals surface area contributed by atoms with Gasteiger partial charge in [-0.3, -0.25) is 0 Å². The van der Waals surface area contributed by atoms with Crippen molar-refractivity contribution < 1.29 is 0 Å². The van der Waals surface area contributed by atoms with Crippen molar-refractivity contribution in [3.8, 4) is 0 Å². The van der Waals surface area contributed by atoms with Crippen molar-refractivity contribution in [2.45, 2.75) is 26.1 Å². The number of hydrogen-bond donors (Lipinski definition) is 0. The Morgan fingerprint density at radius 3 is 2.29 bits per heavy atom. The van der Waals surface area contributed by atoms with E-state index in [0.29, 0.717) is 0 Å². The van der Waals surface area contributed by atoms with E-state index in [9.17, 15) is 0 Å². The number of rotatable bonds is 5. The Kier molecular flexibility index (Phi) is 4.40. The summed E-state index contributed by atoms with van der Waals surface area (Å²) in [4.78, 5) is 0. The molecule has 21 heavy (non-hydrogen) atoms. The molecule has 0 saturated heterocycles. The smallest absolute Gasteiger partial charge is 0.0404 e. The molecular weight excluding hydrogens is 251 g/mol.